The normalized spacial score (nSPS) is 11.6. The van der Waals surface area contributed by atoms with Gasteiger partial charge in [-0.15, -0.1) is 0 Å². The monoisotopic (exact) mass is 878 g/mol. The molecule has 0 N–H and O–H groups in total. The lowest BCUT2D eigenvalue weighted by Gasteiger charge is -2.25. The van der Waals surface area contributed by atoms with Crippen LogP contribution in [-0.2, 0) is 6.42 Å². The Morgan fingerprint density at radius 3 is 0.635 bits per heavy atom. The van der Waals surface area contributed by atoms with Crippen LogP contribution in [0.1, 0.15) is 347 Å². The summed E-state index contributed by atoms with van der Waals surface area (Å²) in [4.78, 5) is 2.76. The Balaban J connectivity index is 2.23. The van der Waals surface area contributed by atoms with E-state index in [4.69, 9.17) is 0 Å². The summed E-state index contributed by atoms with van der Waals surface area (Å²) < 4.78 is 0. The number of nitrogens with zero attached hydrogens (tertiary/aromatic N) is 1. The van der Waals surface area contributed by atoms with Crippen molar-refractivity contribution in [1.82, 2.24) is 0 Å². The largest absolute Gasteiger partial charge is 0.372 e. The molecule has 0 heterocycles. The SMILES string of the molecule is CCCCCCCCCCCCCCCCCCCCc1ccc(N(CCCCCCCCCCCCCCCCCC)CCCCCCCCCCCCCCCCCC)cc1. The van der Waals surface area contributed by atoms with E-state index in [-0.39, 0.29) is 0 Å². The van der Waals surface area contributed by atoms with Crippen LogP contribution in [0.3, 0.4) is 0 Å². The van der Waals surface area contributed by atoms with Crippen molar-refractivity contribution in [3.8, 4) is 0 Å². The molecule has 0 bridgehead atoms. The van der Waals surface area contributed by atoms with E-state index in [1.165, 1.54) is 346 Å². The van der Waals surface area contributed by atoms with Crippen LogP contribution in [0.25, 0.3) is 0 Å². The Morgan fingerprint density at radius 2 is 0.413 bits per heavy atom. The van der Waals surface area contributed by atoms with E-state index >= 15 is 0 Å². The van der Waals surface area contributed by atoms with Gasteiger partial charge in [0, 0.05) is 18.8 Å². The molecule has 0 atom stereocenters. The van der Waals surface area contributed by atoms with Crippen molar-refractivity contribution in [3.05, 3.63) is 29.8 Å². The lowest BCUT2D eigenvalue weighted by molar-refractivity contribution is 0.524. The molecule has 0 radical (unpaired) electrons. The van der Waals surface area contributed by atoms with Crippen molar-refractivity contribution in [3.63, 3.8) is 0 Å². The third-order valence-corrected chi connectivity index (χ3v) is 14.7. The number of aryl methyl sites for hydroxylation is 1. The van der Waals surface area contributed by atoms with Gasteiger partial charge in [-0.05, 0) is 43.4 Å². The van der Waals surface area contributed by atoms with Gasteiger partial charge in [-0.3, -0.25) is 0 Å². The minimum absolute atomic E-state index is 1.25. The van der Waals surface area contributed by atoms with Gasteiger partial charge in [0.05, 0.1) is 0 Å². The van der Waals surface area contributed by atoms with Gasteiger partial charge in [0.15, 0.2) is 0 Å². The zero-order chi connectivity index (χ0) is 45.0. The Bertz CT molecular complexity index is 915. The molecule has 1 heteroatoms. The van der Waals surface area contributed by atoms with Gasteiger partial charge in [-0.1, -0.05) is 335 Å². The molecule has 1 aromatic rings. The summed E-state index contributed by atoms with van der Waals surface area (Å²) in [6, 6.07) is 9.89. The second-order valence-electron chi connectivity index (χ2n) is 21.0. The molecule has 372 valence electrons. The molecule has 0 aliphatic heterocycles. The molecular formula is C62H119N. The van der Waals surface area contributed by atoms with Crippen LogP contribution in [0.5, 0.6) is 0 Å². The summed E-state index contributed by atoms with van der Waals surface area (Å²) >= 11 is 0. The average Bonchev–Trinajstić information content (AvgIpc) is 3.30. The number of hydrogen-bond acceptors (Lipinski definition) is 1. The molecule has 0 fully saturated rings. The molecule has 0 aliphatic rings. The molecule has 1 aromatic carbocycles. The second kappa shape index (κ2) is 52.0. The van der Waals surface area contributed by atoms with Crippen molar-refractivity contribution in [2.45, 2.75) is 348 Å². The third kappa shape index (κ3) is 44.6. The molecule has 0 saturated carbocycles. The zero-order valence-electron chi connectivity index (χ0n) is 44.2. The predicted octanol–water partition coefficient (Wildman–Crippen LogP) is 22.6. The fourth-order valence-corrected chi connectivity index (χ4v) is 10.2. The van der Waals surface area contributed by atoms with Crippen molar-refractivity contribution >= 4 is 5.69 Å². The van der Waals surface area contributed by atoms with Gasteiger partial charge in [0.1, 0.15) is 0 Å². The van der Waals surface area contributed by atoms with Crippen molar-refractivity contribution < 1.29 is 0 Å². The number of anilines is 1. The maximum Gasteiger partial charge on any atom is 0.0366 e. The Morgan fingerprint density at radius 1 is 0.222 bits per heavy atom. The maximum atomic E-state index is 2.76. The Kier molecular flexibility index (Phi) is 49.5. The highest BCUT2D eigenvalue weighted by Crippen LogP contribution is 2.22. The minimum atomic E-state index is 1.25. The summed E-state index contributed by atoms with van der Waals surface area (Å²) in [7, 11) is 0. The van der Waals surface area contributed by atoms with Gasteiger partial charge in [-0.25, -0.2) is 0 Å². The van der Waals surface area contributed by atoms with Crippen molar-refractivity contribution in [2.24, 2.45) is 0 Å². The molecule has 0 unspecified atom stereocenters. The molecule has 0 aliphatic carbocycles. The van der Waals surface area contributed by atoms with Crippen LogP contribution in [0.4, 0.5) is 5.69 Å². The highest BCUT2D eigenvalue weighted by atomic mass is 15.1. The first-order valence-corrected chi connectivity index (χ1v) is 30.2. The zero-order valence-corrected chi connectivity index (χ0v) is 44.2. The molecule has 1 rings (SSSR count). The summed E-state index contributed by atoms with van der Waals surface area (Å²) in [5.41, 5.74) is 3.04. The minimum Gasteiger partial charge on any atom is -0.372 e. The first kappa shape index (κ1) is 60.0. The quantitative estimate of drug-likeness (QED) is 0.0590. The lowest BCUT2D eigenvalue weighted by atomic mass is 10.0. The molecule has 0 aromatic heterocycles. The topological polar surface area (TPSA) is 3.24 Å². The summed E-state index contributed by atoms with van der Waals surface area (Å²) in [6.07, 6.45) is 73.7. The average molecular weight is 879 g/mol. The van der Waals surface area contributed by atoms with Gasteiger partial charge >= 0.3 is 0 Å². The molecule has 1 nitrogen and oxygen atoms in total. The van der Waals surface area contributed by atoms with Crippen LogP contribution < -0.4 is 4.90 Å². The van der Waals surface area contributed by atoms with Crippen LogP contribution in [-0.4, -0.2) is 13.1 Å². The summed E-state index contributed by atoms with van der Waals surface area (Å²) in [5, 5.41) is 0. The summed E-state index contributed by atoms with van der Waals surface area (Å²) in [6.45, 7) is 9.44. The fourth-order valence-electron chi connectivity index (χ4n) is 10.2. The van der Waals surface area contributed by atoms with E-state index in [2.05, 4.69) is 49.9 Å². The van der Waals surface area contributed by atoms with Crippen LogP contribution in [0.2, 0.25) is 0 Å². The van der Waals surface area contributed by atoms with Crippen LogP contribution in [0, 0.1) is 0 Å². The van der Waals surface area contributed by atoms with Gasteiger partial charge in [-0.2, -0.15) is 0 Å². The standard InChI is InChI=1S/C62H119N/c1-4-7-10-13-16-19-22-25-28-31-32-33-36-39-42-45-48-51-54-61-55-57-62(58-56-61)63(59-52-49-46-43-40-37-34-29-26-23-20-17-14-11-8-5-2)60-53-50-47-44-41-38-35-30-27-24-21-18-15-12-9-6-3/h55-58H,4-54,59-60H2,1-3H3. The van der Waals surface area contributed by atoms with Crippen molar-refractivity contribution in [2.75, 3.05) is 18.0 Å². The van der Waals surface area contributed by atoms with E-state index in [1.54, 1.807) is 5.56 Å². The predicted molar refractivity (Wildman–Crippen MR) is 290 cm³/mol. The highest BCUT2D eigenvalue weighted by Gasteiger charge is 2.08. The number of unbranched alkanes of at least 4 members (excludes halogenated alkanes) is 47. The highest BCUT2D eigenvalue weighted by molar-refractivity contribution is 5.47. The van der Waals surface area contributed by atoms with Crippen LogP contribution >= 0.6 is 0 Å². The third-order valence-electron chi connectivity index (χ3n) is 14.7. The summed E-state index contributed by atoms with van der Waals surface area (Å²) in [5.74, 6) is 0. The van der Waals surface area contributed by atoms with Gasteiger partial charge in [0.25, 0.3) is 0 Å². The Labute approximate surface area is 400 Å². The first-order chi connectivity index (χ1) is 31.3. The van der Waals surface area contributed by atoms with Gasteiger partial charge in [0.2, 0.25) is 0 Å². The number of rotatable bonds is 54. The van der Waals surface area contributed by atoms with Crippen molar-refractivity contribution in [1.29, 1.82) is 0 Å². The van der Waals surface area contributed by atoms with E-state index in [0.717, 1.165) is 0 Å². The lowest BCUT2D eigenvalue weighted by Crippen LogP contribution is -2.25. The van der Waals surface area contributed by atoms with E-state index in [1.807, 2.05) is 0 Å². The van der Waals surface area contributed by atoms with Gasteiger partial charge < -0.3 is 4.90 Å². The van der Waals surface area contributed by atoms with E-state index in [9.17, 15) is 0 Å². The maximum absolute atomic E-state index is 2.76. The van der Waals surface area contributed by atoms with E-state index in [0.29, 0.717) is 0 Å². The Hall–Kier alpha value is -0.980. The molecular weight excluding hydrogens is 759 g/mol. The van der Waals surface area contributed by atoms with E-state index < -0.39 is 0 Å². The molecule has 0 saturated heterocycles. The molecule has 0 spiro atoms. The van der Waals surface area contributed by atoms with Crippen LogP contribution in [0.15, 0.2) is 24.3 Å². The smallest absolute Gasteiger partial charge is 0.0366 e. The molecule has 63 heavy (non-hydrogen) atoms. The first-order valence-electron chi connectivity index (χ1n) is 30.2. The number of benzene rings is 1. The number of hydrogen-bond donors (Lipinski definition) is 0. The molecule has 0 amide bonds. The fraction of sp³-hybridized carbons (Fsp3) is 0.903. The second-order valence-corrected chi connectivity index (χ2v) is 21.0.